The van der Waals surface area contributed by atoms with Gasteiger partial charge in [-0.05, 0) is 43.9 Å². The van der Waals surface area contributed by atoms with Crippen molar-refractivity contribution in [1.82, 2.24) is 0 Å². The van der Waals surface area contributed by atoms with Crippen LogP contribution in [-0.4, -0.2) is 24.4 Å². The summed E-state index contributed by atoms with van der Waals surface area (Å²) in [5.74, 6) is 0.836. The number of ether oxygens (including phenoxy) is 2. The van der Waals surface area contributed by atoms with E-state index >= 15 is 0 Å². The van der Waals surface area contributed by atoms with Gasteiger partial charge in [0.15, 0.2) is 0 Å². The second kappa shape index (κ2) is 6.03. The van der Waals surface area contributed by atoms with Crippen molar-refractivity contribution in [2.24, 2.45) is 0 Å². The van der Waals surface area contributed by atoms with E-state index in [1.807, 2.05) is 31.2 Å². The minimum atomic E-state index is -0.536. The van der Waals surface area contributed by atoms with Crippen LogP contribution < -0.4 is 4.74 Å². The Kier molecular flexibility index (Phi) is 4.40. The minimum absolute atomic E-state index is 0.368. The first-order valence-electron chi connectivity index (χ1n) is 6.32. The molecule has 0 saturated heterocycles. The largest absolute Gasteiger partial charge is 0.494 e. The second-order valence-electron chi connectivity index (χ2n) is 4.40. The molecule has 0 radical (unpaired) electrons. The molecule has 1 fully saturated rings. The van der Waals surface area contributed by atoms with Gasteiger partial charge < -0.3 is 14.6 Å². The Morgan fingerprint density at radius 1 is 1.29 bits per heavy atom. The summed E-state index contributed by atoms with van der Waals surface area (Å²) in [6, 6.07) is 7.54. The summed E-state index contributed by atoms with van der Waals surface area (Å²) in [5, 5.41) is 9.94. The van der Waals surface area contributed by atoms with Gasteiger partial charge in [0.05, 0.1) is 19.3 Å². The molecule has 1 unspecified atom stereocenters. The van der Waals surface area contributed by atoms with Crippen LogP contribution in [0.15, 0.2) is 24.3 Å². The smallest absolute Gasteiger partial charge is 0.119 e. The van der Waals surface area contributed by atoms with Gasteiger partial charge in [-0.15, -0.1) is 0 Å². The number of hydrogen-bond donors (Lipinski definition) is 1. The molecule has 1 atom stereocenters. The zero-order valence-electron chi connectivity index (χ0n) is 10.3. The summed E-state index contributed by atoms with van der Waals surface area (Å²) >= 11 is 0. The maximum Gasteiger partial charge on any atom is 0.119 e. The van der Waals surface area contributed by atoms with Crippen molar-refractivity contribution in [1.29, 1.82) is 0 Å². The van der Waals surface area contributed by atoms with Gasteiger partial charge in [0.25, 0.3) is 0 Å². The first-order chi connectivity index (χ1) is 8.29. The van der Waals surface area contributed by atoms with Crippen molar-refractivity contribution < 1.29 is 14.6 Å². The quantitative estimate of drug-likeness (QED) is 0.825. The average Bonchev–Trinajstić information content (AvgIpc) is 2.28. The zero-order valence-corrected chi connectivity index (χ0v) is 10.3. The van der Waals surface area contributed by atoms with Crippen LogP contribution in [0.25, 0.3) is 0 Å². The van der Waals surface area contributed by atoms with E-state index in [9.17, 15) is 5.11 Å². The van der Waals surface area contributed by atoms with E-state index < -0.39 is 6.10 Å². The second-order valence-corrected chi connectivity index (χ2v) is 4.40. The highest BCUT2D eigenvalue weighted by Gasteiger charge is 2.19. The van der Waals surface area contributed by atoms with E-state index in [1.165, 1.54) is 6.42 Å². The molecule has 1 aliphatic carbocycles. The molecule has 0 bridgehead atoms. The normalized spacial score (nSPS) is 17.5. The molecule has 3 heteroatoms. The van der Waals surface area contributed by atoms with Crippen molar-refractivity contribution in [3.63, 3.8) is 0 Å². The standard InChI is InChI=1S/C14H20O3/c1-2-16-13-8-6-11(7-9-13)14(15)10-17-12-4-3-5-12/h6-9,12,14-15H,2-5,10H2,1H3. The molecule has 1 saturated carbocycles. The molecule has 0 aromatic heterocycles. The van der Waals surface area contributed by atoms with Crippen molar-refractivity contribution in [3.05, 3.63) is 29.8 Å². The summed E-state index contributed by atoms with van der Waals surface area (Å²) in [6.45, 7) is 3.00. The molecular formula is C14H20O3. The minimum Gasteiger partial charge on any atom is -0.494 e. The van der Waals surface area contributed by atoms with Crippen molar-refractivity contribution in [2.45, 2.75) is 38.4 Å². The van der Waals surface area contributed by atoms with Gasteiger partial charge in [0, 0.05) is 0 Å². The van der Waals surface area contributed by atoms with E-state index in [-0.39, 0.29) is 0 Å². The van der Waals surface area contributed by atoms with Crippen molar-refractivity contribution in [2.75, 3.05) is 13.2 Å². The Bertz CT molecular complexity index is 330. The number of rotatable bonds is 6. The van der Waals surface area contributed by atoms with Gasteiger partial charge in [0.2, 0.25) is 0 Å². The highest BCUT2D eigenvalue weighted by molar-refractivity contribution is 5.28. The predicted octanol–water partition coefficient (Wildman–Crippen LogP) is 2.69. The lowest BCUT2D eigenvalue weighted by Gasteiger charge is -2.26. The van der Waals surface area contributed by atoms with E-state index in [1.54, 1.807) is 0 Å². The van der Waals surface area contributed by atoms with E-state index in [0.29, 0.717) is 19.3 Å². The van der Waals surface area contributed by atoms with Crippen LogP contribution in [0.5, 0.6) is 5.75 Å². The van der Waals surface area contributed by atoms with Gasteiger partial charge >= 0.3 is 0 Å². The van der Waals surface area contributed by atoms with Gasteiger partial charge in [-0.1, -0.05) is 12.1 Å². The SMILES string of the molecule is CCOc1ccc(C(O)COC2CCC2)cc1. The van der Waals surface area contributed by atoms with E-state index in [2.05, 4.69) is 0 Å². The molecule has 94 valence electrons. The maximum atomic E-state index is 9.94. The Morgan fingerprint density at radius 3 is 2.53 bits per heavy atom. The molecule has 1 aliphatic rings. The van der Waals surface area contributed by atoms with Crippen molar-refractivity contribution in [3.8, 4) is 5.75 Å². The Balaban J connectivity index is 1.82. The highest BCUT2D eigenvalue weighted by atomic mass is 16.5. The van der Waals surface area contributed by atoms with Gasteiger partial charge in [-0.3, -0.25) is 0 Å². The first-order valence-corrected chi connectivity index (χ1v) is 6.32. The Hall–Kier alpha value is -1.06. The summed E-state index contributed by atoms with van der Waals surface area (Å²) in [6.07, 6.45) is 3.36. The fraction of sp³-hybridized carbons (Fsp3) is 0.571. The molecular weight excluding hydrogens is 216 g/mol. The fourth-order valence-electron chi connectivity index (χ4n) is 1.81. The topological polar surface area (TPSA) is 38.7 Å². The lowest BCUT2D eigenvalue weighted by molar-refractivity contribution is -0.0426. The van der Waals surface area contributed by atoms with E-state index in [0.717, 1.165) is 24.2 Å². The molecule has 2 rings (SSSR count). The fourth-order valence-corrected chi connectivity index (χ4v) is 1.81. The molecule has 1 aromatic carbocycles. The summed E-state index contributed by atoms with van der Waals surface area (Å²) in [7, 11) is 0. The lowest BCUT2D eigenvalue weighted by Crippen LogP contribution is -2.24. The first kappa shape index (κ1) is 12.4. The summed E-state index contributed by atoms with van der Waals surface area (Å²) in [5.41, 5.74) is 0.882. The molecule has 1 N–H and O–H groups in total. The van der Waals surface area contributed by atoms with Gasteiger partial charge in [0.1, 0.15) is 11.9 Å². The van der Waals surface area contributed by atoms with Crippen LogP contribution in [0.1, 0.15) is 37.9 Å². The van der Waals surface area contributed by atoms with E-state index in [4.69, 9.17) is 9.47 Å². The monoisotopic (exact) mass is 236 g/mol. The van der Waals surface area contributed by atoms with Gasteiger partial charge in [-0.25, -0.2) is 0 Å². The third kappa shape index (κ3) is 3.45. The van der Waals surface area contributed by atoms with Crippen LogP contribution in [0.2, 0.25) is 0 Å². The number of benzene rings is 1. The number of aliphatic hydroxyl groups is 1. The average molecular weight is 236 g/mol. The molecule has 0 spiro atoms. The third-order valence-electron chi connectivity index (χ3n) is 3.12. The predicted molar refractivity (Wildman–Crippen MR) is 66.2 cm³/mol. The zero-order chi connectivity index (χ0) is 12.1. The molecule has 0 aliphatic heterocycles. The van der Waals surface area contributed by atoms with Crippen LogP contribution in [0.4, 0.5) is 0 Å². The maximum absolute atomic E-state index is 9.94. The van der Waals surface area contributed by atoms with Gasteiger partial charge in [-0.2, -0.15) is 0 Å². The summed E-state index contributed by atoms with van der Waals surface area (Å²) in [4.78, 5) is 0. The number of aliphatic hydroxyl groups excluding tert-OH is 1. The molecule has 17 heavy (non-hydrogen) atoms. The van der Waals surface area contributed by atoms with Crippen LogP contribution in [0, 0.1) is 0 Å². The highest BCUT2D eigenvalue weighted by Crippen LogP contribution is 2.24. The number of hydrogen-bond acceptors (Lipinski definition) is 3. The lowest BCUT2D eigenvalue weighted by atomic mass is 9.96. The molecule has 3 nitrogen and oxygen atoms in total. The third-order valence-corrected chi connectivity index (χ3v) is 3.12. The van der Waals surface area contributed by atoms with Crippen LogP contribution >= 0.6 is 0 Å². The van der Waals surface area contributed by atoms with Crippen LogP contribution in [-0.2, 0) is 4.74 Å². The van der Waals surface area contributed by atoms with Crippen LogP contribution in [0.3, 0.4) is 0 Å². The Labute approximate surface area is 102 Å². The summed E-state index contributed by atoms with van der Waals surface area (Å²) < 4.78 is 10.9. The Morgan fingerprint density at radius 2 is 2.00 bits per heavy atom. The molecule has 0 amide bonds. The molecule has 0 heterocycles. The van der Waals surface area contributed by atoms with Crippen molar-refractivity contribution >= 4 is 0 Å². The molecule has 1 aromatic rings.